The van der Waals surface area contributed by atoms with Crippen LogP contribution in [-0.4, -0.2) is 48.5 Å². The Labute approximate surface area is 147 Å². The van der Waals surface area contributed by atoms with Gasteiger partial charge in [-0.3, -0.25) is 9.69 Å². The molecule has 1 fully saturated rings. The van der Waals surface area contributed by atoms with E-state index >= 15 is 0 Å². The zero-order valence-electron chi connectivity index (χ0n) is 13.7. The molecule has 1 N–H and O–H groups in total. The Kier molecular flexibility index (Phi) is 5.33. The molecule has 1 aromatic heterocycles. The van der Waals surface area contributed by atoms with Crippen molar-refractivity contribution in [3.05, 3.63) is 53.2 Å². The lowest BCUT2D eigenvalue weighted by atomic mass is 10.2. The lowest BCUT2D eigenvalue weighted by Gasteiger charge is -2.34. The van der Waals surface area contributed by atoms with Crippen LogP contribution >= 0.6 is 11.6 Å². The molecule has 0 radical (unpaired) electrons. The molecule has 1 aliphatic rings. The van der Waals surface area contributed by atoms with Crippen LogP contribution in [0.25, 0.3) is 0 Å². The zero-order valence-corrected chi connectivity index (χ0v) is 14.5. The molecule has 0 aliphatic carbocycles. The number of hydrogen-bond donors (Lipinski definition) is 1. The summed E-state index contributed by atoms with van der Waals surface area (Å²) >= 11 is 6.09. The molecule has 2 aromatic rings. The molecular weight excluding hydrogens is 324 g/mol. The number of carbonyl (C=O) groups is 1. The summed E-state index contributed by atoms with van der Waals surface area (Å²) < 4.78 is 0. The summed E-state index contributed by atoms with van der Waals surface area (Å²) in [5.41, 5.74) is 1.74. The molecule has 0 spiro atoms. The van der Waals surface area contributed by atoms with Crippen molar-refractivity contribution in [1.29, 1.82) is 0 Å². The average Bonchev–Trinajstić information content (AvgIpc) is 2.59. The molecule has 2 heterocycles. The highest BCUT2D eigenvalue weighted by atomic mass is 35.5. The zero-order chi connectivity index (χ0) is 16.9. The lowest BCUT2D eigenvalue weighted by molar-refractivity contribution is -0.117. The van der Waals surface area contributed by atoms with Crippen LogP contribution in [0, 0.1) is 6.92 Å². The molecule has 6 heteroatoms. The topological polar surface area (TPSA) is 48.5 Å². The number of carbonyl (C=O) groups excluding carboxylic acids is 1. The van der Waals surface area contributed by atoms with E-state index in [9.17, 15) is 4.79 Å². The number of rotatable bonds is 4. The first-order chi connectivity index (χ1) is 11.6. The fourth-order valence-electron chi connectivity index (χ4n) is 2.75. The first-order valence-corrected chi connectivity index (χ1v) is 8.44. The Morgan fingerprint density at radius 1 is 1.21 bits per heavy atom. The number of nitrogens with one attached hydrogen (secondary N) is 1. The molecule has 24 heavy (non-hydrogen) atoms. The third-order valence-corrected chi connectivity index (χ3v) is 4.58. The summed E-state index contributed by atoms with van der Waals surface area (Å²) in [6, 6.07) is 11.5. The number of anilines is 2. The third kappa shape index (κ3) is 4.24. The van der Waals surface area contributed by atoms with Crippen LogP contribution in [0.4, 0.5) is 11.5 Å². The molecule has 0 bridgehead atoms. The molecule has 1 aromatic carbocycles. The van der Waals surface area contributed by atoms with E-state index in [0.29, 0.717) is 11.6 Å². The van der Waals surface area contributed by atoms with E-state index in [-0.39, 0.29) is 5.91 Å². The predicted octanol–water partition coefficient (Wildman–Crippen LogP) is 2.80. The van der Waals surface area contributed by atoms with Crippen molar-refractivity contribution in [3.8, 4) is 0 Å². The van der Waals surface area contributed by atoms with E-state index in [4.69, 9.17) is 11.6 Å². The largest absolute Gasteiger partial charge is 0.354 e. The quantitative estimate of drug-likeness (QED) is 0.926. The Morgan fingerprint density at radius 2 is 2.00 bits per heavy atom. The van der Waals surface area contributed by atoms with Gasteiger partial charge in [-0.15, -0.1) is 0 Å². The predicted molar refractivity (Wildman–Crippen MR) is 97.7 cm³/mol. The van der Waals surface area contributed by atoms with E-state index in [1.54, 1.807) is 6.07 Å². The van der Waals surface area contributed by atoms with Crippen molar-refractivity contribution >= 4 is 29.0 Å². The molecule has 1 saturated heterocycles. The number of aromatic nitrogens is 1. The van der Waals surface area contributed by atoms with Crippen LogP contribution in [0.15, 0.2) is 42.6 Å². The summed E-state index contributed by atoms with van der Waals surface area (Å²) in [6.45, 7) is 5.77. The standard InChI is InChI=1S/C18H21ClN4O/c1-14-5-6-15(12-16(14)19)21-18(24)13-22-8-10-23(11-9-22)17-4-2-3-7-20-17/h2-7,12H,8-11,13H2,1H3,(H,21,24). The number of nitrogens with zero attached hydrogens (tertiary/aromatic N) is 3. The molecule has 1 amide bonds. The summed E-state index contributed by atoms with van der Waals surface area (Å²) in [5.74, 6) is 0.983. The fourth-order valence-corrected chi connectivity index (χ4v) is 2.93. The van der Waals surface area contributed by atoms with Crippen LogP contribution in [-0.2, 0) is 4.79 Å². The normalized spacial score (nSPS) is 15.3. The second-order valence-electron chi connectivity index (χ2n) is 5.96. The van der Waals surface area contributed by atoms with Crippen LogP contribution in [0.2, 0.25) is 5.02 Å². The van der Waals surface area contributed by atoms with Crippen molar-refractivity contribution in [2.45, 2.75) is 6.92 Å². The second-order valence-corrected chi connectivity index (χ2v) is 6.37. The van der Waals surface area contributed by atoms with E-state index in [0.717, 1.165) is 43.2 Å². The maximum Gasteiger partial charge on any atom is 0.238 e. The van der Waals surface area contributed by atoms with Crippen molar-refractivity contribution < 1.29 is 4.79 Å². The lowest BCUT2D eigenvalue weighted by Crippen LogP contribution is -2.48. The van der Waals surface area contributed by atoms with Crippen LogP contribution in [0.1, 0.15) is 5.56 Å². The highest BCUT2D eigenvalue weighted by Gasteiger charge is 2.19. The first-order valence-electron chi connectivity index (χ1n) is 8.06. The van der Waals surface area contributed by atoms with E-state index in [1.165, 1.54) is 0 Å². The van der Waals surface area contributed by atoms with Gasteiger partial charge in [0, 0.05) is 43.1 Å². The average molecular weight is 345 g/mol. The number of amides is 1. The summed E-state index contributed by atoms with van der Waals surface area (Å²) in [4.78, 5) is 21.0. The molecule has 126 valence electrons. The van der Waals surface area contributed by atoms with Gasteiger partial charge in [0.25, 0.3) is 0 Å². The fraction of sp³-hybridized carbons (Fsp3) is 0.333. The minimum absolute atomic E-state index is 0.0128. The monoisotopic (exact) mass is 344 g/mol. The van der Waals surface area contributed by atoms with E-state index in [2.05, 4.69) is 20.1 Å². The van der Waals surface area contributed by atoms with Crippen molar-refractivity contribution in [1.82, 2.24) is 9.88 Å². The van der Waals surface area contributed by atoms with Crippen molar-refractivity contribution in [3.63, 3.8) is 0 Å². The van der Waals surface area contributed by atoms with Gasteiger partial charge in [0.2, 0.25) is 5.91 Å². The Hall–Kier alpha value is -2.11. The number of pyridine rings is 1. The van der Waals surface area contributed by atoms with Crippen LogP contribution < -0.4 is 10.2 Å². The van der Waals surface area contributed by atoms with Gasteiger partial charge >= 0.3 is 0 Å². The van der Waals surface area contributed by atoms with Gasteiger partial charge in [-0.25, -0.2) is 4.98 Å². The molecule has 0 saturated carbocycles. The summed E-state index contributed by atoms with van der Waals surface area (Å²) in [6.07, 6.45) is 1.81. The molecular formula is C18H21ClN4O. The number of halogens is 1. The number of piperazine rings is 1. The van der Waals surface area contributed by atoms with Gasteiger partial charge in [0.15, 0.2) is 0 Å². The smallest absolute Gasteiger partial charge is 0.238 e. The Morgan fingerprint density at radius 3 is 2.67 bits per heavy atom. The number of hydrogen-bond acceptors (Lipinski definition) is 4. The molecule has 0 unspecified atom stereocenters. The van der Waals surface area contributed by atoms with Gasteiger partial charge in [0.1, 0.15) is 5.82 Å². The number of benzene rings is 1. The maximum atomic E-state index is 12.2. The second kappa shape index (κ2) is 7.64. The minimum atomic E-state index is -0.0128. The summed E-state index contributed by atoms with van der Waals surface area (Å²) in [7, 11) is 0. The van der Waals surface area contributed by atoms with Crippen molar-refractivity contribution in [2.75, 3.05) is 42.9 Å². The SMILES string of the molecule is Cc1ccc(NC(=O)CN2CCN(c3ccccn3)CC2)cc1Cl. The van der Waals surface area contributed by atoms with Gasteiger partial charge in [-0.05, 0) is 36.8 Å². The molecule has 5 nitrogen and oxygen atoms in total. The molecule has 0 atom stereocenters. The van der Waals surface area contributed by atoms with E-state index in [1.807, 2.05) is 43.5 Å². The van der Waals surface area contributed by atoms with Gasteiger partial charge in [-0.2, -0.15) is 0 Å². The maximum absolute atomic E-state index is 12.2. The van der Waals surface area contributed by atoms with Gasteiger partial charge < -0.3 is 10.2 Å². The van der Waals surface area contributed by atoms with Crippen LogP contribution in [0.5, 0.6) is 0 Å². The van der Waals surface area contributed by atoms with E-state index < -0.39 is 0 Å². The van der Waals surface area contributed by atoms with Crippen molar-refractivity contribution in [2.24, 2.45) is 0 Å². The van der Waals surface area contributed by atoms with Crippen LogP contribution in [0.3, 0.4) is 0 Å². The third-order valence-electron chi connectivity index (χ3n) is 4.17. The number of aryl methyl sites for hydroxylation is 1. The highest BCUT2D eigenvalue weighted by Crippen LogP contribution is 2.20. The highest BCUT2D eigenvalue weighted by molar-refractivity contribution is 6.31. The first kappa shape index (κ1) is 16.7. The minimum Gasteiger partial charge on any atom is -0.354 e. The Balaban J connectivity index is 1.49. The molecule has 1 aliphatic heterocycles. The Bertz CT molecular complexity index is 699. The molecule has 3 rings (SSSR count). The summed E-state index contributed by atoms with van der Waals surface area (Å²) in [5, 5.41) is 3.57. The van der Waals surface area contributed by atoms with Gasteiger partial charge in [0.05, 0.1) is 6.54 Å². The van der Waals surface area contributed by atoms with Gasteiger partial charge in [-0.1, -0.05) is 23.7 Å².